The Morgan fingerprint density at radius 3 is 2.68 bits per heavy atom. The van der Waals surface area contributed by atoms with Crippen molar-refractivity contribution in [1.29, 1.82) is 0 Å². The second-order valence-electron chi connectivity index (χ2n) is 6.35. The van der Waals surface area contributed by atoms with E-state index in [9.17, 15) is 9.59 Å². The van der Waals surface area contributed by atoms with Crippen LogP contribution >= 0.6 is 11.6 Å². The van der Waals surface area contributed by atoms with E-state index in [1.807, 2.05) is 54.6 Å². The zero-order valence-corrected chi connectivity index (χ0v) is 14.9. The molecule has 0 radical (unpaired) electrons. The normalized spacial score (nSPS) is 17.0. The van der Waals surface area contributed by atoms with Crippen LogP contribution in [-0.2, 0) is 16.0 Å². The molecule has 2 aromatic carbocycles. The molecule has 2 aromatic rings. The van der Waals surface area contributed by atoms with E-state index in [1.54, 1.807) is 16.8 Å². The molecule has 1 heterocycles. The second kappa shape index (κ2) is 7.70. The molecule has 1 saturated heterocycles. The summed E-state index contributed by atoms with van der Waals surface area (Å²) in [6, 6.07) is 17.2. The summed E-state index contributed by atoms with van der Waals surface area (Å²) in [5.74, 6) is -0.247. The summed E-state index contributed by atoms with van der Waals surface area (Å²) in [5.41, 5.74) is 1.94. The SMILES string of the molecule is CN(C(=O)C1CC(=O)N(CCc2cccc(Cl)c2)C1)c1ccccc1. The van der Waals surface area contributed by atoms with E-state index in [4.69, 9.17) is 11.6 Å². The van der Waals surface area contributed by atoms with E-state index in [1.165, 1.54) is 0 Å². The zero-order chi connectivity index (χ0) is 17.8. The van der Waals surface area contributed by atoms with Crippen LogP contribution in [0.5, 0.6) is 0 Å². The molecule has 0 bridgehead atoms. The summed E-state index contributed by atoms with van der Waals surface area (Å²) < 4.78 is 0. The minimum atomic E-state index is -0.280. The molecule has 1 atom stereocenters. The number of nitrogens with zero attached hydrogens (tertiary/aromatic N) is 2. The molecule has 3 rings (SSSR count). The fraction of sp³-hybridized carbons (Fsp3) is 0.300. The maximum absolute atomic E-state index is 12.7. The maximum atomic E-state index is 12.7. The monoisotopic (exact) mass is 356 g/mol. The molecule has 1 fully saturated rings. The van der Waals surface area contributed by atoms with Gasteiger partial charge in [-0.1, -0.05) is 41.9 Å². The number of benzene rings is 2. The van der Waals surface area contributed by atoms with E-state index in [2.05, 4.69) is 0 Å². The molecule has 5 heteroatoms. The summed E-state index contributed by atoms with van der Waals surface area (Å²) >= 11 is 6.00. The van der Waals surface area contributed by atoms with Gasteiger partial charge in [-0.2, -0.15) is 0 Å². The van der Waals surface area contributed by atoms with Gasteiger partial charge in [-0.3, -0.25) is 9.59 Å². The average molecular weight is 357 g/mol. The van der Waals surface area contributed by atoms with Crippen LogP contribution in [0.4, 0.5) is 5.69 Å². The van der Waals surface area contributed by atoms with Crippen LogP contribution in [0.15, 0.2) is 54.6 Å². The second-order valence-corrected chi connectivity index (χ2v) is 6.79. The van der Waals surface area contributed by atoms with Gasteiger partial charge in [0, 0.05) is 37.3 Å². The zero-order valence-electron chi connectivity index (χ0n) is 14.2. The molecule has 4 nitrogen and oxygen atoms in total. The lowest BCUT2D eigenvalue weighted by molar-refractivity contribution is -0.128. The highest BCUT2D eigenvalue weighted by molar-refractivity contribution is 6.30. The summed E-state index contributed by atoms with van der Waals surface area (Å²) in [5, 5.41) is 0.697. The van der Waals surface area contributed by atoms with Crippen LogP contribution in [0.25, 0.3) is 0 Å². The van der Waals surface area contributed by atoms with Gasteiger partial charge in [0.05, 0.1) is 5.92 Å². The number of hydrogen-bond acceptors (Lipinski definition) is 2. The fourth-order valence-electron chi connectivity index (χ4n) is 3.16. The van der Waals surface area contributed by atoms with Gasteiger partial charge < -0.3 is 9.80 Å². The number of carbonyl (C=O) groups is 2. The topological polar surface area (TPSA) is 40.6 Å². The largest absolute Gasteiger partial charge is 0.342 e. The van der Waals surface area contributed by atoms with Crippen molar-refractivity contribution in [3.8, 4) is 0 Å². The molecule has 0 aliphatic carbocycles. The van der Waals surface area contributed by atoms with Gasteiger partial charge >= 0.3 is 0 Å². The summed E-state index contributed by atoms with van der Waals surface area (Å²) in [4.78, 5) is 28.4. The molecule has 1 aliphatic rings. The first-order chi connectivity index (χ1) is 12.0. The number of hydrogen-bond donors (Lipinski definition) is 0. The third kappa shape index (κ3) is 4.20. The number of para-hydroxylation sites is 1. The van der Waals surface area contributed by atoms with Gasteiger partial charge in [-0.25, -0.2) is 0 Å². The molecular formula is C20H21ClN2O2. The van der Waals surface area contributed by atoms with Gasteiger partial charge in [0.25, 0.3) is 0 Å². The van der Waals surface area contributed by atoms with Crippen molar-refractivity contribution in [2.45, 2.75) is 12.8 Å². The Balaban J connectivity index is 1.59. The first-order valence-corrected chi connectivity index (χ1v) is 8.77. The average Bonchev–Trinajstić information content (AvgIpc) is 3.00. The summed E-state index contributed by atoms with van der Waals surface area (Å²) in [6.07, 6.45) is 1.02. The van der Waals surface area contributed by atoms with Gasteiger partial charge in [-0.05, 0) is 36.2 Å². The molecule has 130 valence electrons. The van der Waals surface area contributed by atoms with Crippen LogP contribution in [-0.4, -0.2) is 36.9 Å². The highest BCUT2D eigenvalue weighted by Gasteiger charge is 2.35. The van der Waals surface area contributed by atoms with E-state index in [-0.39, 0.29) is 24.2 Å². The first-order valence-electron chi connectivity index (χ1n) is 8.39. The number of anilines is 1. The van der Waals surface area contributed by atoms with Crippen LogP contribution in [0, 0.1) is 5.92 Å². The predicted octanol–water partition coefficient (Wildman–Crippen LogP) is 3.39. The molecule has 25 heavy (non-hydrogen) atoms. The van der Waals surface area contributed by atoms with Gasteiger partial charge in [0.1, 0.15) is 0 Å². The third-order valence-corrected chi connectivity index (χ3v) is 4.83. The van der Waals surface area contributed by atoms with Gasteiger partial charge in [0.2, 0.25) is 11.8 Å². The van der Waals surface area contributed by atoms with Crippen molar-refractivity contribution in [3.63, 3.8) is 0 Å². The standard InChI is InChI=1S/C20H21ClN2O2/c1-22(18-8-3-2-4-9-18)20(25)16-13-19(24)23(14-16)11-10-15-6-5-7-17(21)12-15/h2-9,12,16H,10-11,13-14H2,1H3. The Hall–Kier alpha value is -2.33. The lowest BCUT2D eigenvalue weighted by Crippen LogP contribution is -2.35. The Morgan fingerprint density at radius 1 is 1.20 bits per heavy atom. The van der Waals surface area contributed by atoms with Crippen LogP contribution in [0.1, 0.15) is 12.0 Å². The van der Waals surface area contributed by atoms with E-state index in [0.29, 0.717) is 18.1 Å². The highest BCUT2D eigenvalue weighted by atomic mass is 35.5. The van der Waals surface area contributed by atoms with Crippen molar-refractivity contribution < 1.29 is 9.59 Å². The van der Waals surface area contributed by atoms with Gasteiger partial charge in [-0.15, -0.1) is 0 Å². The molecular weight excluding hydrogens is 336 g/mol. The van der Waals surface area contributed by atoms with Crippen molar-refractivity contribution in [2.24, 2.45) is 5.92 Å². The Bertz CT molecular complexity index is 763. The van der Waals surface area contributed by atoms with Crippen molar-refractivity contribution >= 4 is 29.1 Å². The highest BCUT2D eigenvalue weighted by Crippen LogP contribution is 2.23. The minimum absolute atomic E-state index is 0.00944. The molecule has 1 unspecified atom stereocenters. The number of likely N-dealkylation sites (tertiary alicyclic amines) is 1. The van der Waals surface area contributed by atoms with Crippen molar-refractivity contribution in [1.82, 2.24) is 4.90 Å². The van der Waals surface area contributed by atoms with E-state index in [0.717, 1.165) is 17.7 Å². The molecule has 0 N–H and O–H groups in total. The first kappa shape index (κ1) is 17.5. The Morgan fingerprint density at radius 2 is 1.96 bits per heavy atom. The maximum Gasteiger partial charge on any atom is 0.232 e. The van der Waals surface area contributed by atoms with Crippen molar-refractivity contribution in [2.75, 3.05) is 25.0 Å². The number of halogens is 1. The molecule has 0 saturated carbocycles. The van der Waals surface area contributed by atoms with Crippen LogP contribution < -0.4 is 4.90 Å². The minimum Gasteiger partial charge on any atom is -0.342 e. The molecule has 1 aliphatic heterocycles. The van der Waals surface area contributed by atoms with E-state index < -0.39 is 0 Å². The number of rotatable bonds is 5. The smallest absolute Gasteiger partial charge is 0.232 e. The summed E-state index contributed by atoms with van der Waals surface area (Å²) in [6.45, 7) is 1.09. The number of amides is 2. The molecule has 0 aromatic heterocycles. The fourth-order valence-corrected chi connectivity index (χ4v) is 3.38. The van der Waals surface area contributed by atoms with E-state index >= 15 is 0 Å². The lowest BCUT2D eigenvalue weighted by Gasteiger charge is -2.21. The lowest BCUT2D eigenvalue weighted by atomic mass is 10.1. The predicted molar refractivity (Wildman–Crippen MR) is 99.7 cm³/mol. The van der Waals surface area contributed by atoms with Crippen LogP contribution in [0.2, 0.25) is 5.02 Å². The Labute approximate surface area is 153 Å². The quantitative estimate of drug-likeness (QED) is 0.823. The molecule has 2 amide bonds. The Kier molecular flexibility index (Phi) is 5.39. The van der Waals surface area contributed by atoms with Crippen molar-refractivity contribution in [3.05, 3.63) is 65.2 Å². The van der Waals surface area contributed by atoms with Gasteiger partial charge in [0.15, 0.2) is 0 Å². The third-order valence-electron chi connectivity index (χ3n) is 4.60. The summed E-state index contributed by atoms with van der Waals surface area (Å²) in [7, 11) is 1.76. The van der Waals surface area contributed by atoms with Crippen LogP contribution in [0.3, 0.4) is 0 Å². The number of carbonyl (C=O) groups excluding carboxylic acids is 2. The molecule has 0 spiro atoms.